The third-order valence-corrected chi connectivity index (χ3v) is 4.71. The van der Waals surface area contributed by atoms with Crippen LogP contribution >= 0.6 is 0 Å². The Kier molecular flexibility index (Phi) is 4.70. The molecule has 98 valence electrons. The fourth-order valence-electron chi connectivity index (χ4n) is 1.75. The molecule has 6 heteroatoms. The molecule has 0 aliphatic carbocycles. The van der Waals surface area contributed by atoms with Gasteiger partial charge in [-0.15, -0.1) is 0 Å². The van der Waals surface area contributed by atoms with Crippen molar-refractivity contribution in [2.24, 2.45) is 7.05 Å². The van der Waals surface area contributed by atoms with Crippen LogP contribution in [0.25, 0.3) is 0 Å². The summed E-state index contributed by atoms with van der Waals surface area (Å²) in [7, 11) is -1.13. The monoisotopic (exact) mass is 259 g/mol. The predicted molar refractivity (Wildman–Crippen MR) is 68.7 cm³/mol. The Morgan fingerprint density at radius 3 is 2.59 bits per heavy atom. The van der Waals surface area contributed by atoms with Crippen molar-refractivity contribution >= 4 is 9.84 Å². The van der Waals surface area contributed by atoms with Crippen LogP contribution in [-0.2, 0) is 23.3 Å². The second-order valence-corrected chi connectivity index (χ2v) is 6.76. The first-order valence-electron chi connectivity index (χ1n) is 5.74. The predicted octanol–water partition coefficient (Wildman–Crippen LogP) is 0.374. The highest BCUT2D eigenvalue weighted by Gasteiger charge is 2.26. The number of hydrogen-bond donors (Lipinski definition) is 1. The first kappa shape index (κ1) is 14.2. The van der Waals surface area contributed by atoms with Gasteiger partial charge in [0.2, 0.25) is 0 Å². The molecule has 0 aromatic carbocycles. The molecule has 2 atom stereocenters. The number of sulfone groups is 1. The number of nitrogens with zero attached hydrogens (tertiary/aromatic N) is 2. The zero-order valence-electron chi connectivity index (χ0n) is 10.8. The minimum Gasteiger partial charge on any atom is -0.338 e. The van der Waals surface area contributed by atoms with Gasteiger partial charge in [-0.25, -0.2) is 13.4 Å². The van der Waals surface area contributed by atoms with Crippen LogP contribution in [0.3, 0.4) is 0 Å². The number of nitrogens with one attached hydrogen (secondary N) is 1. The highest BCUT2D eigenvalue weighted by atomic mass is 32.2. The van der Waals surface area contributed by atoms with Gasteiger partial charge in [-0.1, -0.05) is 6.92 Å². The summed E-state index contributed by atoms with van der Waals surface area (Å²) in [4.78, 5) is 4.23. The van der Waals surface area contributed by atoms with Crippen LogP contribution in [-0.4, -0.2) is 42.1 Å². The van der Waals surface area contributed by atoms with Gasteiger partial charge in [-0.05, 0) is 13.5 Å². The highest BCUT2D eigenvalue weighted by molar-refractivity contribution is 7.91. The zero-order chi connectivity index (χ0) is 13.1. The van der Waals surface area contributed by atoms with E-state index in [4.69, 9.17) is 0 Å². The SMILES string of the molecule is CCNC(Cc1nccn1C)C(C)S(C)(=O)=O. The van der Waals surface area contributed by atoms with E-state index >= 15 is 0 Å². The maximum atomic E-state index is 11.6. The topological polar surface area (TPSA) is 64.0 Å². The number of rotatable bonds is 6. The maximum absolute atomic E-state index is 11.6. The zero-order valence-corrected chi connectivity index (χ0v) is 11.7. The van der Waals surface area contributed by atoms with Crippen molar-refractivity contribution in [2.45, 2.75) is 31.6 Å². The Morgan fingerprint density at radius 2 is 2.18 bits per heavy atom. The fourth-order valence-corrected chi connectivity index (χ4v) is 2.54. The van der Waals surface area contributed by atoms with Crippen LogP contribution in [0.15, 0.2) is 12.4 Å². The van der Waals surface area contributed by atoms with Gasteiger partial charge in [0.05, 0.1) is 5.25 Å². The van der Waals surface area contributed by atoms with Gasteiger partial charge in [-0.3, -0.25) is 0 Å². The quantitative estimate of drug-likeness (QED) is 0.802. The summed E-state index contributed by atoms with van der Waals surface area (Å²) in [5, 5.41) is 2.80. The number of likely N-dealkylation sites (N-methyl/N-ethyl adjacent to an activating group) is 1. The molecule has 0 amide bonds. The van der Waals surface area contributed by atoms with Gasteiger partial charge in [0.25, 0.3) is 0 Å². The summed E-state index contributed by atoms with van der Waals surface area (Å²) in [6.45, 7) is 4.46. The van der Waals surface area contributed by atoms with Crippen molar-refractivity contribution in [2.75, 3.05) is 12.8 Å². The van der Waals surface area contributed by atoms with E-state index in [0.29, 0.717) is 6.42 Å². The summed E-state index contributed by atoms with van der Waals surface area (Å²) < 4.78 is 25.1. The lowest BCUT2D eigenvalue weighted by Crippen LogP contribution is -2.44. The molecule has 0 saturated heterocycles. The number of imidazole rings is 1. The summed E-state index contributed by atoms with van der Waals surface area (Å²) in [6, 6.07) is -0.101. The second kappa shape index (κ2) is 5.64. The van der Waals surface area contributed by atoms with Gasteiger partial charge in [0.15, 0.2) is 9.84 Å². The minimum absolute atomic E-state index is 0.101. The van der Waals surface area contributed by atoms with Crippen molar-refractivity contribution in [3.63, 3.8) is 0 Å². The summed E-state index contributed by atoms with van der Waals surface area (Å²) in [5.41, 5.74) is 0. The first-order valence-corrected chi connectivity index (χ1v) is 7.70. The molecule has 5 nitrogen and oxygen atoms in total. The Labute approximate surface area is 103 Å². The van der Waals surface area contributed by atoms with Crippen molar-refractivity contribution in [1.82, 2.24) is 14.9 Å². The average molecular weight is 259 g/mol. The van der Waals surface area contributed by atoms with Crippen LogP contribution in [0, 0.1) is 0 Å². The van der Waals surface area contributed by atoms with Gasteiger partial charge >= 0.3 is 0 Å². The lowest BCUT2D eigenvalue weighted by Gasteiger charge is -2.23. The van der Waals surface area contributed by atoms with E-state index in [1.807, 2.05) is 24.7 Å². The molecule has 0 aliphatic heterocycles. The molecule has 1 rings (SSSR count). The van der Waals surface area contributed by atoms with E-state index in [9.17, 15) is 8.42 Å². The molecule has 0 spiro atoms. The molecule has 1 aromatic rings. The molecule has 0 aliphatic rings. The molecule has 1 N–H and O–H groups in total. The third kappa shape index (κ3) is 3.81. The van der Waals surface area contributed by atoms with E-state index in [-0.39, 0.29) is 6.04 Å². The summed E-state index contributed by atoms with van der Waals surface area (Å²) in [6.07, 6.45) is 5.49. The van der Waals surface area contributed by atoms with Crippen molar-refractivity contribution in [3.05, 3.63) is 18.2 Å². The molecule has 1 aromatic heterocycles. The highest BCUT2D eigenvalue weighted by Crippen LogP contribution is 2.10. The minimum atomic E-state index is -3.04. The molecule has 0 radical (unpaired) electrons. The second-order valence-electron chi connectivity index (χ2n) is 4.36. The average Bonchev–Trinajstić information content (AvgIpc) is 2.61. The van der Waals surface area contributed by atoms with Gasteiger partial charge in [-0.2, -0.15) is 0 Å². The van der Waals surface area contributed by atoms with Crippen molar-refractivity contribution < 1.29 is 8.42 Å². The number of aromatic nitrogens is 2. The molecule has 0 saturated carbocycles. The van der Waals surface area contributed by atoms with E-state index in [1.165, 1.54) is 6.26 Å². The van der Waals surface area contributed by atoms with E-state index in [2.05, 4.69) is 10.3 Å². The van der Waals surface area contributed by atoms with E-state index in [0.717, 1.165) is 12.4 Å². The number of hydrogen-bond acceptors (Lipinski definition) is 4. The van der Waals surface area contributed by atoms with E-state index < -0.39 is 15.1 Å². The third-order valence-electron chi connectivity index (χ3n) is 3.03. The summed E-state index contributed by atoms with van der Waals surface area (Å²) in [5.74, 6) is 0.895. The molecule has 0 bridgehead atoms. The van der Waals surface area contributed by atoms with Crippen molar-refractivity contribution in [1.29, 1.82) is 0 Å². The first-order chi connectivity index (χ1) is 7.86. The molecule has 17 heavy (non-hydrogen) atoms. The summed E-state index contributed by atoms with van der Waals surface area (Å²) >= 11 is 0. The molecular formula is C11H21N3O2S. The van der Waals surface area contributed by atoms with Crippen LogP contribution < -0.4 is 5.32 Å². The smallest absolute Gasteiger partial charge is 0.151 e. The molecule has 1 heterocycles. The van der Waals surface area contributed by atoms with Gasteiger partial charge < -0.3 is 9.88 Å². The Bertz CT molecular complexity index is 453. The standard InChI is InChI=1S/C11H21N3O2S/c1-5-12-10(9(2)17(4,15)16)8-11-13-6-7-14(11)3/h6-7,9-10,12H,5,8H2,1-4H3. The Hall–Kier alpha value is -0.880. The molecular weight excluding hydrogens is 238 g/mol. The number of aryl methyl sites for hydroxylation is 1. The Balaban J connectivity index is 2.84. The van der Waals surface area contributed by atoms with Gasteiger partial charge in [0.1, 0.15) is 5.82 Å². The lowest BCUT2D eigenvalue weighted by molar-refractivity contribution is 0.481. The lowest BCUT2D eigenvalue weighted by atomic mass is 10.1. The molecule has 0 fully saturated rings. The largest absolute Gasteiger partial charge is 0.338 e. The van der Waals surface area contributed by atoms with Crippen LogP contribution in [0.4, 0.5) is 0 Å². The van der Waals surface area contributed by atoms with Crippen LogP contribution in [0.2, 0.25) is 0 Å². The van der Waals surface area contributed by atoms with Gasteiger partial charge in [0, 0.05) is 38.2 Å². The van der Waals surface area contributed by atoms with Crippen LogP contribution in [0.5, 0.6) is 0 Å². The normalized spacial score (nSPS) is 15.8. The van der Waals surface area contributed by atoms with Crippen molar-refractivity contribution in [3.8, 4) is 0 Å². The molecule has 2 unspecified atom stereocenters. The fraction of sp³-hybridized carbons (Fsp3) is 0.727. The maximum Gasteiger partial charge on any atom is 0.151 e. The Morgan fingerprint density at radius 1 is 1.53 bits per heavy atom. The van der Waals surface area contributed by atoms with Crippen LogP contribution in [0.1, 0.15) is 19.7 Å². The van der Waals surface area contributed by atoms with E-state index in [1.54, 1.807) is 13.1 Å².